The average Bonchev–Trinajstić information content (AvgIpc) is 2.56. The Morgan fingerprint density at radius 3 is 2.83 bits per heavy atom. The number of likely N-dealkylation sites (N-methyl/N-ethyl adjacent to an activating group) is 1. The third-order valence-electron chi connectivity index (χ3n) is 3.70. The monoisotopic (exact) mass is 317 g/mol. The van der Waals surface area contributed by atoms with E-state index in [0.29, 0.717) is 6.42 Å². The Kier molecular flexibility index (Phi) is 5.51. The zero-order chi connectivity index (χ0) is 16.8. The number of para-hydroxylation sites is 1. The molecule has 6 heteroatoms. The molecule has 2 aromatic rings. The van der Waals surface area contributed by atoms with Crippen molar-refractivity contribution >= 4 is 11.7 Å². The minimum absolute atomic E-state index is 0.0869. The summed E-state index contributed by atoms with van der Waals surface area (Å²) in [6.07, 6.45) is 3.12. The predicted octanol–water partition coefficient (Wildman–Crippen LogP) is 3.32. The van der Waals surface area contributed by atoms with Gasteiger partial charge in [0.25, 0.3) is 0 Å². The van der Waals surface area contributed by atoms with Crippen molar-refractivity contribution in [2.75, 3.05) is 19.5 Å². The summed E-state index contributed by atoms with van der Waals surface area (Å²) in [6, 6.07) is 8.63. The molecule has 2 amide bonds. The van der Waals surface area contributed by atoms with Crippen molar-refractivity contribution in [3.63, 3.8) is 0 Å². The van der Waals surface area contributed by atoms with E-state index in [0.717, 1.165) is 17.5 Å². The van der Waals surface area contributed by atoms with Crippen LogP contribution in [0.1, 0.15) is 12.5 Å². The van der Waals surface area contributed by atoms with Crippen LogP contribution >= 0.6 is 0 Å². The smallest absolute Gasteiger partial charge is 0.321 e. The van der Waals surface area contributed by atoms with Gasteiger partial charge < -0.3 is 15.0 Å². The van der Waals surface area contributed by atoms with Gasteiger partial charge in [-0.05, 0) is 31.0 Å². The van der Waals surface area contributed by atoms with Crippen LogP contribution in [0.15, 0.2) is 42.7 Å². The number of carbonyl (C=O) groups excluding carboxylic acids is 1. The van der Waals surface area contributed by atoms with Crippen LogP contribution in [0.3, 0.4) is 0 Å². The number of methoxy groups -OCH3 is 1. The molecular weight excluding hydrogens is 297 g/mol. The van der Waals surface area contributed by atoms with Gasteiger partial charge in [-0.25, -0.2) is 9.18 Å². The molecule has 2 rings (SSSR count). The quantitative estimate of drug-likeness (QED) is 0.920. The van der Waals surface area contributed by atoms with E-state index in [4.69, 9.17) is 4.74 Å². The standard InChI is InChI=1S/C17H20FN3O2/c1-12(10-13-6-4-5-7-16(13)23-3)21(2)17(22)20-15-8-9-19-11-14(15)18/h4-9,11-12H,10H2,1-3H3,(H,19,20,22)/t12-/m0/s1. The van der Waals surface area contributed by atoms with E-state index in [1.165, 1.54) is 17.2 Å². The molecule has 1 aromatic carbocycles. The highest BCUT2D eigenvalue weighted by atomic mass is 19.1. The molecule has 0 aliphatic rings. The lowest BCUT2D eigenvalue weighted by Crippen LogP contribution is -2.39. The van der Waals surface area contributed by atoms with Gasteiger partial charge in [-0.1, -0.05) is 18.2 Å². The number of halogens is 1. The number of nitrogens with zero attached hydrogens (tertiary/aromatic N) is 2. The van der Waals surface area contributed by atoms with Crippen molar-refractivity contribution in [3.05, 3.63) is 54.1 Å². The Morgan fingerprint density at radius 2 is 2.13 bits per heavy atom. The van der Waals surface area contributed by atoms with Gasteiger partial charge in [0.1, 0.15) is 5.75 Å². The molecule has 5 nitrogen and oxygen atoms in total. The van der Waals surface area contributed by atoms with Crippen LogP contribution in [0.4, 0.5) is 14.9 Å². The summed E-state index contributed by atoms with van der Waals surface area (Å²) in [7, 11) is 3.29. The van der Waals surface area contributed by atoms with E-state index in [2.05, 4.69) is 10.3 Å². The van der Waals surface area contributed by atoms with Crippen LogP contribution in [0, 0.1) is 5.82 Å². The van der Waals surface area contributed by atoms with Crippen LogP contribution in [0.2, 0.25) is 0 Å². The summed E-state index contributed by atoms with van der Waals surface area (Å²) in [5.74, 6) is 0.222. The number of rotatable bonds is 5. The Morgan fingerprint density at radius 1 is 1.39 bits per heavy atom. The number of ether oxygens (including phenoxy) is 1. The van der Waals surface area contributed by atoms with E-state index in [1.54, 1.807) is 14.2 Å². The van der Waals surface area contributed by atoms with Crippen LogP contribution in [-0.2, 0) is 6.42 Å². The maximum atomic E-state index is 13.5. The number of carbonyl (C=O) groups is 1. The van der Waals surface area contributed by atoms with Gasteiger partial charge in [0.15, 0.2) is 5.82 Å². The van der Waals surface area contributed by atoms with E-state index in [9.17, 15) is 9.18 Å². The minimum atomic E-state index is -0.563. The highest BCUT2D eigenvalue weighted by Gasteiger charge is 2.18. The lowest BCUT2D eigenvalue weighted by Gasteiger charge is -2.26. The van der Waals surface area contributed by atoms with Gasteiger partial charge in [0, 0.05) is 19.3 Å². The van der Waals surface area contributed by atoms with Crippen LogP contribution in [0.5, 0.6) is 5.75 Å². The zero-order valence-electron chi connectivity index (χ0n) is 13.4. The Bertz CT molecular complexity index is 678. The maximum absolute atomic E-state index is 13.5. The summed E-state index contributed by atoms with van der Waals surface area (Å²) in [5, 5.41) is 2.55. The van der Waals surface area contributed by atoms with Crippen LogP contribution in [0.25, 0.3) is 0 Å². The fraction of sp³-hybridized carbons (Fsp3) is 0.294. The highest BCUT2D eigenvalue weighted by Crippen LogP contribution is 2.20. The molecule has 1 heterocycles. The summed E-state index contributed by atoms with van der Waals surface area (Å²) >= 11 is 0. The van der Waals surface area contributed by atoms with Gasteiger partial charge in [0.05, 0.1) is 19.0 Å². The normalized spacial score (nSPS) is 11.7. The first-order valence-electron chi connectivity index (χ1n) is 7.28. The highest BCUT2D eigenvalue weighted by molar-refractivity contribution is 5.89. The van der Waals surface area contributed by atoms with Gasteiger partial charge in [0.2, 0.25) is 0 Å². The molecule has 1 N–H and O–H groups in total. The molecule has 0 aliphatic heterocycles. The lowest BCUT2D eigenvalue weighted by atomic mass is 10.1. The van der Waals surface area contributed by atoms with Gasteiger partial charge >= 0.3 is 6.03 Å². The summed E-state index contributed by atoms with van der Waals surface area (Å²) in [6.45, 7) is 1.93. The number of aromatic nitrogens is 1. The lowest BCUT2D eigenvalue weighted by molar-refractivity contribution is 0.207. The van der Waals surface area contributed by atoms with Crippen molar-refractivity contribution in [1.82, 2.24) is 9.88 Å². The van der Waals surface area contributed by atoms with Crippen molar-refractivity contribution in [3.8, 4) is 5.75 Å². The van der Waals surface area contributed by atoms with Crippen molar-refractivity contribution < 1.29 is 13.9 Å². The average molecular weight is 317 g/mol. The zero-order valence-corrected chi connectivity index (χ0v) is 13.4. The van der Waals surface area contributed by atoms with Crippen molar-refractivity contribution in [1.29, 1.82) is 0 Å². The molecule has 23 heavy (non-hydrogen) atoms. The summed E-state index contributed by atoms with van der Waals surface area (Å²) in [5.41, 5.74) is 1.12. The van der Waals surface area contributed by atoms with E-state index in [1.807, 2.05) is 31.2 Å². The van der Waals surface area contributed by atoms with Gasteiger partial charge in [-0.15, -0.1) is 0 Å². The number of nitrogens with one attached hydrogen (secondary N) is 1. The van der Waals surface area contributed by atoms with Crippen molar-refractivity contribution in [2.45, 2.75) is 19.4 Å². The number of benzene rings is 1. The van der Waals surface area contributed by atoms with Crippen LogP contribution < -0.4 is 10.1 Å². The molecule has 0 fully saturated rings. The molecule has 0 radical (unpaired) electrons. The number of anilines is 1. The van der Waals surface area contributed by atoms with E-state index < -0.39 is 5.82 Å². The number of urea groups is 1. The minimum Gasteiger partial charge on any atom is -0.496 e. The molecule has 0 saturated carbocycles. The molecule has 1 aromatic heterocycles. The fourth-order valence-electron chi connectivity index (χ4n) is 2.21. The largest absolute Gasteiger partial charge is 0.496 e. The molecule has 1 atom stereocenters. The number of pyridine rings is 1. The van der Waals surface area contributed by atoms with Crippen molar-refractivity contribution in [2.24, 2.45) is 0 Å². The predicted molar refractivity (Wildman–Crippen MR) is 87.1 cm³/mol. The van der Waals surface area contributed by atoms with Gasteiger partial charge in [-0.2, -0.15) is 0 Å². The molecule has 0 saturated heterocycles. The topological polar surface area (TPSA) is 54.5 Å². The second-order valence-electron chi connectivity index (χ2n) is 5.26. The third kappa shape index (κ3) is 4.18. The number of hydrogen-bond acceptors (Lipinski definition) is 3. The molecule has 0 aliphatic carbocycles. The molecular formula is C17H20FN3O2. The molecule has 0 unspecified atom stereocenters. The molecule has 122 valence electrons. The second kappa shape index (κ2) is 7.58. The number of amides is 2. The molecule has 0 bridgehead atoms. The Hall–Kier alpha value is -2.63. The summed E-state index contributed by atoms with van der Waals surface area (Å²) < 4.78 is 18.9. The van der Waals surface area contributed by atoms with E-state index in [-0.39, 0.29) is 17.8 Å². The van der Waals surface area contributed by atoms with E-state index >= 15 is 0 Å². The third-order valence-corrected chi connectivity index (χ3v) is 3.70. The maximum Gasteiger partial charge on any atom is 0.321 e. The summed E-state index contributed by atoms with van der Waals surface area (Å²) in [4.78, 5) is 17.4. The van der Waals surface area contributed by atoms with Gasteiger partial charge in [-0.3, -0.25) is 4.98 Å². The second-order valence-corrected chi connectivity index (χ2v) is 5.26. The SMILES string of the molecule is COc1ccccc1C[C@H](C)N(C)C(=O)Nc1ccncc1F. The molecule has 0 spiro atoms. The first-order valence-corrected chi connectivity index (χ1v) is 7.28. The Labute approximate surface area is 135 Å². The fourth-order valence-corrected chi connectivity index (χ4v) is 2.21. The Balaban J connectivity index is 2.03. The first kappa shape index (κ1) is 16.7. The first-order chi connectivity index (χ1) is 11.0. The van der Waals surface area contributed by atoms with Crippen LogP contribution in [-0.4, -0.2) is 36.1 Å². The number of hydrogen-bond donors (Lipinski definition) is 1.